The Hall–Kier alpha value is -3.12. The molecule has 126 valence electrons. The van der Waals surface area contributed by atoms with Crippen LogP contribution in [0.3, 0.4) is 0 Å². The number of hydrogen-bond donors (Lipinski definition) is 3. The van der Waals surface area contributed by atoms with Crippen molar-refractivity contribution in [1.82, 2.24) is 9.97 Å². The van der Waals surface area contributed by atoms with Gasteiger partial charge in [-0.05, 0) is 41.8 Å². The maximum Gasteiger partial charge on any atom is 0.138 e. The zero-order valence-electron chi connectivity index (χ0n) is 13.2. The molecular formula is C18H16ClN5O. The van der Waals surface area contributed by atoms with Crippen molar-refractivity contribution in [3.8, 4) is 5.75 Å². The molecule has 25 heavy (non-hydrogen) atoms. The molecule has 1 aromatic carbocycles. The van der Waals surface area contributed by atoms with Crippen LogP contribution in [0.1, 0.15) is 0 Å². The van der Waals surface area contributed by atoms with E-state index in [9.17, 15) is 0 Å². The second kappa shape index (κ2) is 7.63. The molecule has 0 aliphatic rings. The SMILES string of the molecule is N=C/C(=C\N)COc1ccc2c(Nc3ccc(Cl)nc3)nccc2c1. The number of nitrogens with one attached hydrogen (secondary N) is 2. The van der Waals surface area contributed by atoms with Crippen LogP contribution >= 0.6 is 11.6 Å². The molecule has 0 fully saturated rings. The summed E-state index contributed by atoms with van der Waals surface area (Å²) in [5, 5.41) is 12.8. The van der Waals surface area contributed by atoms with Gasteiger partial charge in [0.1, 0.15) is 23.3 Å². The number of rotatable bonds is 6. The first-order chi connectivity index (χ1) is 12.2. The Morgan fingerprint density at radius 1 is 1.24 bits per heavy atom. The quantitative estimate of drug-likeness (QED) is 0.461. The van der Waals surface area contributed by atoms with Gasteiger partial charge in [0.2, 0.25) is 0 Å². The summed E-state index contributed by atoms with van der Waals surface area (Å²) >= 11 is 5.81. The second-order valence-corrected chi connectivity index (χ2v) is 5.60. The van der Waals surface area contributed by atoms with Gasteiger partial charge in [-0.15, -0.1) is 0 Å². The lowest BCUT2D eigenvalue weighted by molar-refractivity contribution is 0.358. The van der Waals surface area contributed by atoms with Crippen LogP contribution in [0.2, 0.25) is 5.15 Å². The number of fused-ring (bicyclic) bond motifs is 1. The van der Waals surface area contributed by atoms with Crippen LogP contribution in [0.15, 0.2) is 60.6 Å². The second-order valence-electron chi connectivity index (χ2n) is 5.21. The highest BCUT2D eigenvalue weighted by atomic mass is 35.5. The van der Waals surface area contributed by atoms with Crippen molar-refractivity contribution in [1.29, 1.82) is 5.41 Å². The van der Waals surface area contributed by atoms with Crippen LogP contribution in [0.25, 0.3) is 10.8 Å². The minimum Gasteiger partial charge on any atom is -0.489 e. The molecule has 4 N–H and O–H groups in total. The fourth-order valence-corrected chi connectivity index (χ4v) is 2.35. The lowest BCUT2D eigenvalue weighted by Crippen LogP contribution is -2.04. The van der Waals surface area contributed by atoms with E-state index in [0.29, 0.717) is 16.5 Å². The van der Waals surface area contributed by atoms with Gasteiger partial charge >= 0.3 is 0 Å². The zero-order chi connectivity index (χ0) is 17.6. The van der Waals surface area contributed by atoms with Gasteiger partial charge in [0.15, 0.2) is 0 Å². The molecule has 0 amide bonds. The molecule has 7 heteroatoms. The largest absolute Gasteiger partial charge is 0.489 e. The Balaban J connectivity index is 1.84. The number of anilines is 2. The van der Waals surface area contributed by atoms with Crippen molar-refractivity contribution in [2.45, 2.75) is 0 Å². The molecule has 0 radical (unpaired) electrons. The molecule has 0 saturated heterocycles. The molecule has 0 aliphatic carbocycles. The van der Waals surface area contributed by atoms with E-state index in [1.165, 1.54) is 12.4 Å². The van der Waals surface area contributed by atoms with E-state index in [-0.39, 0.29) is 6.61 Å². The van der Waals surface area contributed by atoms with Gasteiger partial charge in [-0.3, -0.25) is 0 Å². The first-order valence-corrected chi connectivity index (χ1v) is 7.89. The average Bonchev–Trinajstić information content (AvgIpc) is 2.64. The van der Waals surface area contributed by atoms with E-state index in [0.717, 1.165) is 22.3 Å². The summed E-state index contributed by atoms with van der Waals surface area (Å²) in [5.74, 6) is 1.41. The van der Waals surface area contributed by atoms with E-state index in [1.807, 2.05) is 30.3 Å². The number of benzene rings is 1. The molecule has 3 aromatic rings. The molecule has 0 aliphatic heterocycles. The minimum absolute atomic E-state index is 0.248. The molecule has 0 bridgehead atoms. The predicted molar refractivity (Wildman–Crippen MR) is 101 cm³/mol. The number of aromatic nitrogens is 2. The summed E-state index contributed by atoms with van der Waals surface area (Å²) in [5.41, 5.74) is 6.82. The zero-order valence-corrected chi connectivity index (χ0v) is 14.0. The van der Waals surface area contributed by atoms with Crippen molar-refractivity contribution in [3.05, 3.63) is 65.7 Å². The lowest BCUT2D eigenvalue weighted by Gasteiger charge is -2.11. The van der Waals surface area contributed by atoms with Gasteiger partial charge in [-0.1, -0.05) is 11.6 Å². The van der Waals surface area contributed by atoms with Gasteiger partial charge < -0.3 is 21.2 Å². The smallest absolute Gasteiger partial charge is 0.138 e. The Kier molecular flexibility index (Phi) is 5.11. The molecule has 0 spiro atoms. The summed E-state index contributed by atoms with van der Waals surface area (Å²) in [6, 6.07) is 11.2. The Morgan fingerprint density at radius 2 is 2.12 bits per heavy atom. The average molecular weight is 354 g/mol. The topological polar surface area (TPSA) is 96.9 Å². The van der Waals surface area contributed by atoms with Gasteiger partial charge in [0.05, 0.1) is 11.9 Å². The molecule has 6 nitrogen and oxygen atoms in total. The number of nitrogens with zero attached hydrogens (tertiary/aromatic N) is 2. The maximum atomic E-state index is 7.22. The van der Waals surface area contributed by atoms with Crippen LogP contribution in [0, 0.1) is 5.41 Å². The fraction of sp³-hybridized carbons (Fsp3) is 0.0556. The first-order valence-electron chi connectivity index (χ1n) is 7.51. The Labute approximate surface area is 149 Å². The van der Waals surface area contributed by atoms with Gasteiger partial charge in [0, 0.05) is 29.6 Å². The highest BCUT2D eigenvalue weighted by molar-refractivity contribution is 6.29. The molecule has 3 rings (SSSR count). The number of nitrogens with two attached hydrogens (primary N) is 1. The fourth-order valence-electron chi connectivity index (χ4n) is 2.24. The summed E-state index contributed by atoms with van der Waals surface area (Å²) < 4.78 is 5.66. The van der Waals surface area contributed by atoms with Crippen LogP contribution in [-0.2, 0) is 0 Å². The van der Waals surface area contributed by atoms with Crippen molar-refractivity contribution < 1.29 is 4.74 Å². The van der Waals surface area contributed by atoms with E-state index in [2.05, 4.69) is 15.3 Å². The van der Waals surface area contributed by atoms with E-state index in [1.54, 1.807) is 18.5 Å². The van der Waals surface area contributed by atoms with Crippen LogP contribution in [0.5, 0.6) is 5.75 Å². The molecule has 0 saturated carbocycles. The lowest BCUT2D eigenvalue weighted by atomic mass is 10.1. The number of hydrogen-bond acceptors (Lipinski definition) is 6. The Morgan fingerprint density at radius 3 is 2.84 bits per heavy atom. The molecule has 0 atom stereocenters. The molecule has 2 heterocycles. The van der Waals surface area contributed by atoms with E-state index in [4.69, 9.17) is 27.5 Å². The van der Waals surface area contributed by atoms with Gasteiger partial charge in [0.25, 0.3) is 0 Å². The summed E-state index contributed by atoms with van der Waals surface area (Å²) in [7, 11) is 0. The predicted octanol–water partition coefficient (Wildman–Crippen LogP) is 3.90. The van der Waals surface area contributed by atoms with Crippen LogP contribution in [-0.4, -0.2) is 22.8 Å². The maximum absolute atomic E-state index is 7.22. The summed E-state index contributed by atoms with van der Waals surface area (Å²) in [6.07, 6.45) is 5.91. The molecule has 0 unspecified atom stereocenters. The highest BCUT2D eigenvalue weighted by Gasteiger charge is 2.05. The Bertz CT molecular complexity index is 924. The molecular weight excluding hydrogens is 338 g/mol. The summed E-state index contributed by atoms with van der Waals surface area (Å²) in [6.45, 7) is 0.248. The third kappa shape index (κ3) is 4.05. The highest BCUT2D eigenvalue weighted by Crippen LogP contribution is 2.27. The third-order valence-electron chi connectivity index (χ3n) is 3.53. The van der Waals surface area contributed by atoms with Gasteiger partial charge in [-0.25, -0.2) is 9.97 Å². The van der Waals surface area contributed by atoms with Crippen molar-refractivity contribution in [2.75, 3.05) is 11.9 Å². The van der Waals surface area contributed by atoms with Crippen LogP contribution < -0.4 is 15.8 Å². The number of ether oxygens (including phenoxy) is 1. The minimum atomic E-state index is 0.248. The van der Waals surface area contributed by atoms with E-state index < -0.39 is 0 Å². The third-order valence-corrected chi connectivity index (χ3v) is 3.75. The monoisotopic (exact) mass is 353 g/mol. The van der Waals surface area contributed by atoms with Gasteiger partial charge in [-0.2, -0.15) is 0 Å². The van der Waals surface area contributed by atoms with Crippen LogP contribution in [0.4, 0.5) is 11.5 Å². The molecule has 2 aromatic heterocycles. The number of pyridine rings is 2. The van der Waals surface area contributed by atoms with Crippen molar-refractivity contribution in [3.63, 3.8) is 0 Å². The first kappa shape index (κ1) is 16.7. The standard InChI is InChI=1S/C18H16ClN5O/c19-17-4-1-14(10-23-17)24-18-16-3-2-15(7-13(16)5-6-22-18)25-11-12(8-20)9-21/h1-10,20H,11,21H2,(H,22,24)/b12-9+,20-8?. The van der Waals surface area contributed by atoms with Crippen molar-refractivity contribution >= 4 is 40.1 Å². The van der Waals surface area contributed by atoms with Crippen molar-refractivity contribution in [2.24, 2.45) is 5.73 Å². The number of halogens is 1. The summed E-state index contributed by atoms with van der Waals surface area (Å²) in [4.78, 5) is 8.43. The normalized spacial score (nSPS) is 11.3. The van der Waals surface area contributed by atoms with E-state index >= 15 is 0 Å².